The molecule has 0 heterocycles. The average molecular weight is 340 g/mol. The van der Waals surface area contributed by atoms with Crippen LogP contribution >= 0.6 is 7.60 Å². The Morgan fingerprint density at radius 1 is 0.913 bits per heavy atom. The van der Waals surface area contributed by atoms with Crippen LogP contribution in [0.25, 0.3) is 0 Å². The zero-order valence-electron chi connectivity index (χ0n) is 15.1. The Bertz CT molecular complexity index is 531. The minimum atomic E-state index is -3.48. The molecule has 130 valence electrons. The Morgan fingerprint density at radius 3 is 1.74 bits per heavy atom. The summed E-state index contributed by atoms with van der Waals surface area (Å²) in [4.78, 5) is 12.4. The summed E-state index contributed by atoms with van der Waals surface area (Å²) in [5, 5.41) is 0. The molecule has 1 aromatic carbocycles. The molecule has 0 amide bonds. The van der Waals surface area contributed by atoms with Crippen molar-refractivity contribution in [3.8, 4) is 0 Å². The quantitative estimate of drug-likeness (QED) is 0.506. The summed E-state index contributed by atoms with van der Waals surface area (Å²) in [6.45, 7) is 12.5. The molecule has 0 aromatic heterocycles. The molecule has 23 heavy (non-hydrogen) atoms. The molecular formula is C18H29O4P. The largest absolute Gasteiger partial charge is 0.338 e. The number of carbonyl (C=O) groups is 1. The maximum absolute atomic E-state index is 13.0. The summed E-state index contributed by atoms with van der Waals surface area (Å²) in [6, 6.07) is 8.82. The van der Waals surface area contributed by atoms with Crippen LogP contribution < -0.4 is 0 Å². The van der Waals surface area contributed by atoms with Crippen LogP contribution in [0.3, 0.4) is 0 Å². The van der Waals surface area contributed by atoms with Crippen LogP contribution in [0.2, 0.25) is 0 Å². The summed E-state index contributed by atoms with van der Waals surface area (Å²) < 4.78 is 24.2. The van der Waals surface area contributed by atoms with Crippen LogP contribution in [-0.2, 0) is 13.6 Å². The third kappa shape index (κ3) is 8.45. The molecule has 1 rings (SSSR count). The molecule has 0 fully saturated rings. The maximum atomic E-state index is 13.0. The van der Waals surface area contributed by atoms with E-state index in [0.29, 0.717) is 5.56 Å². The van der Waals surface area contributed by atoms with E-state index >= 15 is 0 Å². The Morgan fingerprint density at radius 2 is 1.35 bits per heavy atom. The fourth-order valence-corrected chi connectivity index (χ4v) is 3.56. The first-order chi connectivity index (χ1) is 10.4. The van der Waals surface area contributed by atoms with Crippen molar-refractivity contribution < 1.29 is 18.4 Å². The maximum Gasteiger partial charge on any atom is 0.338 e. The van der Waals surface area contributed by atoms with Crippen molar-refractivity contribution in [3.63, 3.8) is 0 Å². The summed E-state index contributed by atoms with van der Waals surface area (Å²) in [6.07, 6.45) is -0.233. The van der Waals surface area contributed by atoms with Gasteiger partial charge in [-0.1, -0.05) is 71.9 Å². The zero-order chi connectivity index (χ0) is 17.7. The van der Waals surface area contributed by atoms with E-state index in [2.05, 4.69) is 0 Å². The lowest BCUT2D eigenvalue weighted by atomic mass is 9.99. The van der Waals surface area contributed by atoms with Crippen molar-refractivity contribution in [1.82, 2.24) is 0 Å². The Labute approximate surface area is 140 Å². The summed E-state index contributed by atoms with van der Waals surface area (Å²) in [5.74, 6) is -0.225. The minimum Gasteiger partial charge on any atom is -0.308 e. The van der Waals surface area contributed by atoms with Crippen molar-refractivity contribution in [2.24, 2.45) is 10.8 Å². The molecule has 0 spiro atoms. The van der Waals surface area contributed by atoms with Crippen LogP contribution in [0.5, 0.6) is 0 Å². The van der Waals surface area contributed by atoms with Gasteiger partial charge in [-0.3, -0.25) is 9.36 Å². The number of carbonyl (C=O) groups excluding carboxylic acids is 1. The Kier molecular flexibility index (Phi) is 6.76. The van der Waals surface area contributed by atoms with E-state index in [1.165, 1.54) is 0 Å². The van der Waals surface area contributed by atoms with E-state index < -0.39 is 7.60 Å². The van der Waals surface area contributed by atoms with Crippen LogP contribution in [-0.4, -0.2) is 25.2 Å². The molecule has 1 aromatic rings. The van der Waals surface area contributed by atoms with Gasteiger partial charge in [0.15, 0.2) is 5.78 Å². The fourth-order valence-electron chi connectivity index (χ4n) is 1.60. The van der Waals surface area contributed by atoms with E-state index in [4.69, 9.17) is 9.05 Å². The Hall–Kier alpha value is -0.960. The van der Waals surface area contributed by atoms with Crippen molar-refractivity contribution in [2.75, 3.05) is 19.4 Å². The summed E-state index contributed by atoms with van der Waals surface area (Å²) >= 11 is 0. The topological polar surface area (TPSA) is 52.6 Å². The first-order valence-corrected chi connectivity index (χ1v) is 9.59. The molecule has 0 bridgehead atoms. The van der Waals surface area contributed by atoms with E-state index in [1.807, 2.05) is 47.6 Å². The fraction of sp³-hybridized carbons (Fsp3) is 0.611. The molecule has 0 saturated heterocycles. The van der Waals surface area contributed by atoms with Gasteiger partial charge in [-0.15, -0.1) is 0 Å². The molecule has 0 unspecified atom stereocenters. The second kappa shape index (κ2) is 7.74. The molecule has 4 nitrogen and oxygen atoms in total. The molecule has 0 saturated carbocycles. The zero-order valence-corrected chi connectivity index (χ0v) is 16.0. The van der Waals surface area contributed by atoms with Gasteiger partial charge >= 0.3 is 7.60 Å². The van der Waals surface area contributed by atoms with Gasteiger partial charge in [0.05, 0.1) is 13.2 Å². The van der Waals surface area contributed by atoms with Gasteiger partial charge in [-0.05, 0) is 10.8 Å². The molecule has 0 atom stereocenters. The number of benzene rings is 1. The van der Waals surface area contributed by atoms with Crippen molar-refractivity contribution in [1.29, 1.82) is 0 Å². The summed E-state index contributed by atoms with van der Waals surface area (Å²) in [7, 11) is -3.48. The standard InChI is InChI=1S/C18H29O4P/c1-17(2,3)13-21-23(20,22-14-18(4,5)6)12-16(19)15-10-8-7-9-11-15/h7-11H,12-14H2,1-6H3. The number of hydrogen-bond acceptors (Lipinski definition) is 4. The first-order valence-electron chi connectivity index (χ1n) is 7.87. The third-order valence-electron chi connectivity index (χ3n) is 2.82. The van der Waals surface area contributed by atoms with E-state index in [-0.39, 0.29) is 36.0 Å². The number of Topliss-reactive ketones (excluding diaryl/α,β-unsaturated/α-hetero) is 1. The second-order valence-corrected chi connectivity index (χ2v) is 10.3. The molecule has 5 heteroatoms. The van der Waals surface area contributed by atoms with Crippen LogP contribution in [0.15, 0.2) is 30.3 Å². The lowest BCUT2D eigenvalue weighted by Gasteiger charge is -2.26. The smallest absolute Gasteiger partial charge is 0.308 e. The summed E-state index contributed by atoms with van der Waals surface area (Å²) in [5.41, 5.74) is 0.207. The molecule has 0 aliphatic heterocycles. The highest BCUT2D eigenvalue weighted by Crippen LogP contribution is 2.50. The highest BCUT2D eigenvalue weighted by Gasteiger charge is 2.32. The third-order valence-corrected chi connectivity index (χ3v) is 4.54. The van der Waals surface area contributed by atoms with Crippen LogP contribution in [0.4, 0.5) is 0 Å². The Balaban J connectivity index is 2.85. The molecule has 0 aliphatic carbocycles. The first kappa shape index (κ1) is 20.1. The highest BCUT2D eigenvalue weighted by atomic mass is 31.2. The second-order valence-electron chi connectivity index (χ2n) is 8.23. The average Bonchev–Trinajstić information content (AvgIpc) is 2.43. The lowest BCUT2D eigenvalue weighted by molar-refractivity contribution is 0.0974. The number of ketones is 1. The highest BCUT2D eigenvalue weighted by molar-refractivity contribution is 7.55. The number of rotatable bonds is 7. The van der Waals surface area contributed by atoms with Gasteiger partial charge in [-0.25, -0.2) is 0 Å². The van der Waals surface area contributed by atoms with Crippen molar-refractivity contribution in [2.45, 2.75) is 41.5 Å². The van der Waals surface area contributed by atoms with Gasteiger partial charge in [0.2, 0.25) is 0 Å². The van der Waals surface area contributed by atoms with Crippen molar-refractivity contribution in [3.05, 3.63) is 35.9 Å². The van der Waals surface area contributed by atoms with Crippen LogP contribution in [0, 0.1) is 10.8 Å². The SMILES string of the molecule is CC(C)(C)COP(=O)(CC(=O)c1ccccc1)OCC(C)(C)C. The number of hydrogen-bond donors (Lipinski definition) is 0. The van der Waals surface area contributed by atoms with Crippen LogP contribution in [0.1, 0.15) is 51.9 Å². The molecular weight excluding hydrogens is 311 g/mol. The van der Waals surface area contributed by atoms with E-state index in [9.17, 15) is 9.36 Å². The monoisotopic (exact) mass is 340 g/mol. The van der Waals surface area contributed by atoms with Gasteiger partial charge in [-0.2, -0.15) is 0 Å². The molecule has 0 aliphatic rings. The van der Waals surface area contributed by atoms with Gasteiger partial charge in [0.1, 0.15) is 6.16 Å². The lowest BCUT2D eigenvalue weighted by Crippen LogP contribution is -2.20. The van der Waals surface area contributed by atoms with Crippen molar-refractivity contribution >= 4 is 13.4 Å². The van der Waals surface area contributed by atoms with Gasteiger partial charge in [0, 0.05) is 5.56 Å². The predicted octanol–water partition coefficient (Wildman–Crippen LogP) is 5.19. The van der Waals surface area contributed by atoms with E-state index in [1.54, 1.807) is 24.3 Å². The predicted molar refractivity (Wildman–Crippen MR) is 94.1 cm³/mol. The molecule has 0 N–H and O–H groups in total. The van der Waals surface area contributed by atoms with E-state index in [0.717, 1.165) is 0 Å². The minimum absolute atomic E-state index is 0.156. The molecule has 0 radical (unpaired) electrons. The normalized spacial score (nSPS) is 13.1. The van der Waals surface area contributed by atoms with Gasteiger partial charge < -0.3 is 9.05 Å². The van der Waals surface area contributed by atoms with Gasteiger partial charge in [0.25, 0.3) is 0 Å².